The number of para-hydroxylation sites is 2. The van der Waals surface area contributed by atoms with Gasteiger partial charge < -0.3 is 9.84 Å². The number of aromatic nitrogens is 2. The average Bonchev–Trinajstić information content (AvgIpc) is 2.38. The van der Waals surface area contributed by atoms with Crippen molar-refractivity contribution in [3.63, 3.8) is 0 Å². The number of nitrogens with zero attached hydrogens (tertiary/aromatic N) is 2. The molecule has 0 fully saturated rings. The van der Waals surface area contributed by atoms with Crippen LogP contribution in [0.15, 0.2) is 30.5 Å². The lowest BCUT2D eigenvalue weighted by molar-refractivity contribution is 0.133. The minimum atomic E-state index is -0.567. The topological polar surface area (TPSA) is 55.2 Å². The van der Waals surface area contributed by atoms with E-state index >= 15 is 0 Å². The van der Waals surface area contributed by atoms with Crippen molar-refractivity contribution >= 4 is 11.0 Å². The number of aliphatic hydroxyl groups is 1. The monoisotopic (exact) mass is 232 g/mol. The van der Waals surface area contributed by atoms with Gasteiger partial charge in [0.2, 0.25) is 0 Å². The highest BCUT2D eigenvalue weighted by Crippen LogP contribution is 2.18. The van der Waals surface area contributed by atoms with Crippen LogP contribution in [0.25, 0.3) is 11.0 Å². The predicted octanol–water partition coefficient (Wildman–Crippen LogP) is 2.09. The van der Waals surface area contributed by atoms with Crippen molar-refractivity contribution in [1.82, 2.24) is 9.97 Å². The Labute approximate surface area is 100 Å². The van der Waals surface area contributed by atoms with Gasteiger partial charge >= 0.3 is 0 Å². The first-order valence-electron chi connectivity index (χ1n) is 5.70. The molecule has 0 bridgehead atoms. The van der Waals surface area contributed by atoms with Crippen LogP contribution < -0.4 is 0 Å². The summed E-state index contributed by atoms with van der Waals surface area (Å²) >= 11 is 0. The summed E-state index contributed by atoms with van der Waals surface area (Å²) in [6, 6.07) is 7.64. The number of fused-ring (bicyclic) bond motifs is 1. The zero-order valence-electron chi connectivity index (χ0n) is 9.84. The summed E-state index contributed by atoms with van der Waals surface area (Å²) in [4.78, 5) is 8.68. The van der Waals surface area contributed by atoms with Crippen molar-refractivity contribution < 1.29 is 9.84 Å². The van der Waals surface area contributed by atoms with Crippen LogP contribution in [0, 0.1) is 0 Å². The smallest absolute Gasteiger partial charge is 0.0976 e. The van der Waals surface area contributed by atoms with Gasteiger partial charge in [-0.15, -0.1) is 0 Å². The van der Waals surface area contributed by atoms with E-state index in [0.717, 1.165) is 17.5 Å². The Kier molecular flexibility index (Phi) is 4.01. The van der Waals surface area contributed by atoms with Crippen LogP contribution >= 0.6 is 0 Å². The minimum Gasteiger partial charge on any atom is -0.387 e. The summed E-state index contributed by atoms with van der Waals surface area (Å²) in [6.45, 7) is 0.651. The molecular formula is C13H16N2O2. The first-order valence-corrected chi connectivity index (χ1v) is 5.70. The standard InChI is InChI=1S/C13H16N2O2/c1-17-8-4-7-13(16)12-9-14-10-5-2-3-6-11(10)15-12/h2-3,5-6,9,13,16H,4,7-8H2,1H3. The number of hydrogen-bond acceptors (Lipinski definition) is 4. The van der Waals surface area contributed by atoms with Crippen LogP contribution in [0.2, 0.25) is 0 Å². The molecule has 1 N–H and O–H groups in total. The van der Waals surface area contributed by atoms with E-state index < -0.39 is 6.10 Å². The molecule has 1 aromatic carbocycles. The third-order valence-electron chi connectivity index (χ3n) is 2.63. The number of methoxy groups -OCH3 is 1. The number of rotatable bonds is 5. The van der Waals surface area contributed by atoms with Crippen molar-refractivity contribution in [3.8, 4) is 0 Å². The Bertz CT molecular complexity index is 488. The second-order valence-corrected chi connectivity index (χ2v) is 3.93. The van der Waals surface area contributed by atoms with E-state index in [4.69, 9.17) is 4.74 Å². The van der Waals surface area contributed by atoms with E-state index in [1.54, 1.807) is 13.3 Å². The maximum absolute atomic E-state index is 9.95. The molecule has 17 heavy (non-hydrogen) atoms. The van der Waals surface area contributed by atoms with Gasteiger partial charge in [0.15, 0.2) is 0 Å². The van der Waals surface area contributed by atoms with E-state index in [-0.39, 0.29) is 0 Å². The quantitative estimate of drug-likeness (QED) is 0.802. The van der Waals surface area contributed by atoms with E-state index in [1.165, 1.54) is 0 Å². The third-order valence-corrected chi connectivity index (χ3v) is 2.63. The molecule has 2 aromatic rings. The van der Waals surface area contributed by atoms with Crippen LogP contribution in [0.4, 0.5) is 0 Å². The molecular weight excluding hydrogens is 216 g/mol. The van der Waals surface area contributed by atoms with Gasteiger partial charge in [-0.05, 0) is 25.0 Å². The highest BCUT2D eigenvalue weighted by atomic mass is 16.5. The number of benzene rings is 1. The second-order valence-electron chi connectivity index (χ2n) is 3.93. The minimum absolute atomic E-state index is 0.567. The van der Waals surface area contributed by atoms with E-state index in [2.05, 4.69) is 9.97 Å². The summed E-state index contributed by atoms with van der Waals surface area (Å²) < 4.78 is 4.95. The van der Waals surface area contributed by atoms with Gasteiger partial charge in [-0.1, -0.05) is 12.1 Å². The van der Waals surface area contributed by atoms with Crippen molar-refractivity contribution in [2.45, 2.75) is 18.9 Å². The summed E-state index contributed by atoms with van der Waals surface area (Å²) in [5.74, 6) is 0. The number of ether oxygens (including phenoxy) is 1. The second kappa shape index (κ2) is 5.70. The highest BCUT2D eigenvalue weighted by Gasteiger charge is 2.09. The van der Waals surface area contributed by atoms with Gasteiger partial charge in [-0.3, -0.25) is 4.98 Å². The molecule has 0 amide bonds. The molecule has 1 unspecified atom stereocenters. The molecule has 1 atom stereocenters. The van der Waals surface area contributed by atoms with Gasteiger partial charge in [-0.25, -0.2) is 4.98 Å². The highest BCUT2D eigenvalue weighted by molar-refractivity contribution is 5.73. The van der Waals surface area contributed by atoms with Gasteiger partial charge in [0.25, 0.3) is 0 Å². The maximum Gasteiger partial charge on any atom is 0.0976 e. The van der Waals surface area contributed by atoms with Gasteiger partial charge in [0.1, 0.15) is 0 Å². The first-order chi connectivity index (χ1) is 8.31. The summed E-state index contributed by atoms with van der Waals surface area (Å²) in [6.07, 6.45) is 2.52. The van der Waals surface area contributed by atoms with Crippen LogP contribution in [-0.2, 0) is 4.74 Å². The van der Waals surface area contributed by atoms with E-state index in [9.17, 15) is 5.11 Å². The molecule has 0 aliphatic heterocycles. The molecule has 1 aromatic heterocycles. The lowest BCUT2D eigenvalue weighted by Gasteiger charge is -2.09. The summed E-state index contributed by atoms with van der Waals surface area (Å²) in [7, 11) is 1.65. The molecule has 90 valence electrons. The SMILES string of the molecule is COCCCC(O)c1cnc2ccccc2n1. The Balaban J connectivity index is 2.12. The summed E-state index contributed by atoms with van der Waals surface area (Å²) in [5, 5.41) is 9.95. The predicted molar refractivity (Wildman–Crippen MR) is 65.6 cm³/mol. The molecule has 0 aliphatic rings. The zero-order chi connectivity index (χ0) is 12.1. The van der Waals surface area contributed by atoms with Crippen LogP contribution in [-0.4, -0.2) is 28.8 Å². The van der Waals surface area contributed by atoms with Crippen molar-refractivity contribution in [1.29, 1.82) is 0 Å². The molecule has 0 aliphatic carbocycles. The van der Waals surface area contributed by atoms with Gasteiger partial charge in [0.05, 0.1) is 29.0 Å². The van der Waals surface area contributed by atoms with Crippen LogP contribution in [0.1, 0.15) is 24.6 Å². The lowest BCUT2D eigenvalue weighted by Crippen LogP contribution is -2.03. The van der Waals surface area contributed by atoms with E-state index in [0.29, 0.717) is 18.7 Å². The fourth-order valence-corrected chi connectivity index (χ4v) is 1.70. The molecule has 0 radical (unpaired) electrons. The normalized spacial score (nSPS) is 12.8. The van der Waals surface area contributed by atoms with Crippen molar-refractivity contribution in [3.05, 3.63) is 36.2 Å². The summed E-state index contributed by atoms with van der Waals surface area (Å²) in [5.41, 5.74) is 2.29. The Morgan fingerprint density at radius 3 is 2.82 bits per heavy atom. The van der Waals surface area contributed by atoms with Gasteiger partial charge in [-0.2, -0.15) is 0 Å². The fourth-order valence-electron chi connectivity index (χ4n) is 1.70. The molecule has 2 rings (SSSR count). The fraction of sp³-hybridized carbons (Fsp3) is 0.385. The Morgan fingerprint density at radius 2 is 2.06 bits per heavy atom. The number of hydrogen-bond donors (Lipinski definition) is 1. The Morgan fingerprint density at radius 1 is 1.29 bits per heavy atom. The molecule has 0 spiro atoms. The lowest BCUT2D eigenvalue weighted by atomic mass is 10.1. The number of aliphatic hydroxyl groups excluding tert-OH is 1. The van der Waals surface area contributed by atoms with Crippen LogP contribution in [0.3, 0.4) is 0 Å². The molecule has 4 nitrogen and oxygen atoms in total. The molecule has 4 heteroatoms. The largest absolute Gasteiger partial charge is 0.387 e. The van der Waals surface area contributed by atoms with E-state index in [1.807, 2.05) is 24.3 Å². The van der Waals surface area contributed by atoms with Crippen LogP contribution in [0.5, 0.6) is 0 Å². The zero-order valence-corrected chi connectivity index (χ0v) is 9.84. The van der Waals surface area contributed by atoms with Crippen molar-refractivity contribution in [2.75, 3.05) is 13.7 Å². The average molecular weight is 232 g/mol. The molecule has 0 saturated carbocycles. The maximum atomic E-state index is 9.95. The third kappa shape index (κ3) is 2.99. The first kappa shape index (κ1) is 12.0. The Hall–Kier alpha value is -1.52. The van der Waals surface area contributed by atoms with Crippen molar-refractivity contribution in [2.24, 2.45) is 0 Å². The molecule has 1 heterocycles. The van der Waals surface area contributed by atoms with Gasteiger partial charge in [0, 0.05) is 13.7 Å². The molecule has 0 saturated heterocycles.